The maximum Gasteiger partial charge on any atom is 0.354 e. The maximum atomic E-state index is 13.2. The van der Waals surface area contributed by atoms with Crippen LogP contribution in [-0.2, 0) is 11.3 Å². The van der Waals surface area contributed by atoms with Gasteiger partial charge in [-0.25, -0.2) is 9.78 Å². The van der Waals surface area contributed by atoms with Crippen molar-refractivity contribution < 1.29 is 18.7 Å². The van der Waals surface area contributed by atoms with E-state index in [1.807, 2.05) is 35.8 Å². The molecule has 28 heavy (non-hydrogen) atoms. The minimum absolute atomic E-state index is 0.0800. The van der Waals surface area contributed by atoms with E-state index in [1.165, 1.54) is 25.4 Å². The van der Waals surface area contributed by atoms with Crippen molar-refractivity contribution in [3.05, 3.63) is 48.4 Å². The fourth-order valence-electron chi connectivity index (χ4n) is 3.38. The van der Waals surface area contributed by atoms with E-state index in [4.69, 9.17) is 9.47 Å². The number of rotatable bonds is 8. The van der Waals surface area contributed by atoms with Gasteiger partial charge in [0.05, 0.1) is 30.7 Å². The highest BCUT2D eigenvalue weighted by molar-refractivity contribution is 5.97. The number of fused-ring (bicyclic) bond motifs is 1. The maximum absolute atomic E-state index is 13.2. The number of benzene rings is 1. The van der Waals surface area contributed by atoms with Crippen molar-refractivity contribution in [3.63, 3.8) is 0 Å². The van der Waals surface area contributed by atoms with E-state index >= 15 is 0 Å². The highest BCUT2D eigenvalue weighted by Gasteiger charge is 2.27. The SMILES string of the molecule is CCOC(=O)c1cc2cccc(OC[C@@H](C)n3cnc(F)c3)c2n1CC1CC1. The van der Waals surface area contributed by atoms with Crippen LogP contribution in [0.3, 0.4) is 0 Å². The van der Waals surface area contributed by atoms with Crippen LogP contribution >= 0.6 is 0 Å². The van der Waals surface area contributed by atoms with Crippen molar-refractivity contribution in [1.82, 2.24) is 14.1 Å². The Kier molecular flexibility index (Phi) is 5.07. The molecule has 2 heterocycles. The molecule has 1 aliphatic carbocycles. The monoisotopic (exact) mass is 385 g/mol. The molecule has 6 nitrogen and oxygen atoms in total. The van der Waals surface area contributed by atoms with Gasteiger partial charge in [-0.05, 0) is 44.7 Å². The average molecular weight is 385 g/mol. The Morgan fingerprint density at radius 3 is 2.89 bits per heavy atom. The van der Waals surface area contributed by atoms with Gasteiger partial charge in [-0.15, -0.1) is 0 Å². The number of hydrogen-bond acceptors (Lipinski definition) is 4. The first-order valence-electron chi connectivity index (χ1n) is 9.68. The number of carbonyl (C=O) groups is 1. The Labute approximate surface area is 162 Å². The van der Waals surface area contributed by atoms with Crippen LogP contribution in [0.25, 0.3) is 10.9 Å². The lowest BCUT2D eigenvalue weighted by molar-refractivity contribution is 0.0514. The number of para-hydroxylation sites is 1. The van der Waals surface area contributed by atoms with Crippen LogP contribution in [0, 0.1) is 11.9 Å². The van der Waals surface area contributed by atoms with Crippen molar-refractivity contribution in [1.29, 1.82) is 0 Å². The lowest BCUT2D eigenvalue weighted by Crippen LogP contribution is -2.15. The predicted molar refractivity (Wildman–Crippen MR) is 103 cm³/mol. The fraction of sp³-hybridized carbons (Fsp3) is 0.429. The number of ether oxygens (including phenoxy) is 2. The quantitative estimate of drug-likeness (QED) is 0.545. The molecule has 4 rings (SSSR count). The summed E-state index contributed by atoms with van der Waals surface area (Å²) in [5.74, 6) is 0.477. The van der Waals surface area contributed by atoms with E-state index in [-0.39, 0.29) is 12.0 Å². The predicted octanol–water partition coefficient (Wildman–Crippen LogP) is 4.20. The van der Waals surface area contributed by atoms with Crippen LogP contribution in [0.5, 0.6) is 5.75 Å². The van der Waals surface area contributed by atoms with E-state index in [1.54, 1.807) is 11.5 Å². The number of nitrogens with zero attached hydrogens (tertiary/aromatic N) is 3. The number of hydrogen-bond donors (Lipinski definition) is 0. The summed E-state index contributed by atoms with van der Waals surface area (Å²) in [4.78, 5) is 16.1. The molecule has 1 saturated carbocycles. The third-order valence-electron chi connectivity index (χ3n) is 5.06. The van der Waals surface area contributed by atoms with E-state index in [9.17, 15) is 9.18 Å². The summed E-state index contributed by atoms with van der Waals surface area (Å²) in [6.07, 6.45) is 5.16. The first-order chi connectivity index (χ1) is 13.6. The molecule has 1 fully saturated rings. The van der Waals surface area contributed by atoms with Crippen LogP contribution in [0.2, 0.25) is 0 Å². The minimum Gasteiger partial charge on any atom is -0.489 e. The number of carbonyl (C=O) groups excluding carboxylic acids is 1. The summed E-state index contributed by atoms with van der Waals surface area (Å²) >= 11 is 0. The third-order valence-corrected chi connectivity index (χ3v) is 5.06. The van der Waals surface area contributed by atoms with Gasteiger partial charge < -0.3 is 18.6 Å². The van der Waals surface area contributed by atoms with Crippen molar-refractivity contribution in [2.75, 3.05) is 13.2 Å². The van der Waals surface area contributed by atoms with Crippen molar-refractivity contribution >= 4 is 16.9 Å². The van der Waals surface area contributed by atoms with Crippen molar-refractivity contribution in [2.24, 2.45) is 5.92 Å². The van der Waals surface area contributed by atoms with Crippen molar-refractivity contribution in [3.8, 4) is 5.75 Å². The van der Waals surface area contributed by atoms with Crippen LogP contribution in [0.4, 0.5) is 4.39 Å². The zero-order chi connectivity index (χ0) is 19.7. The number of esters is 1. The summed E-state index contributed by atoms with van der Waals surface area (Å²) in [6, 6.07) is 7.58. The molecule has 0 bridgehead atoms. The van der Waals surface area contributed by atoms with Gasteiger partial charge in [0.15, 0.2) is 0 Å². The molecule has 0 spiro atoms. The largest absolute Gasteiger partial charge is 0.489 e. The molecule has 0 N–H and O–H groups in total. The summed E-state index contributed by atoms with van der Waals surface area (Å²) in [6.45, 7) is 5.22. The lowest BCUT2D eigenvalue weighted by Gasteiger charge is -2.16. The molecule has 0 amide bonds. The van der Waals surface area contributed by atoms with Gasteiger partial charge in [0.25, 0.3) is 0 Å². The molecule has 0 unspecified atom stereocenters. The fourth-order valence-corrected chi connectivity index (χ4v) is 3.38. The molecule has 1 atom stereocenters. The zero-order valence-electron chi connectivity index (χ0n) is 16.1. The van der Waals surface area contributed by atoms with Gasteiger partial charge in [-0.2, -0.15) is 4.39 Å². The van der Waals surface area contributed by atoms with Crippen LogP contribution in [0.15, 0.2) is 36.8 Å². The average Bonchev–Trinajstić information content (AvgIpc) is 3.27. The summed E-state index contributed by atoms with van der Waals surface area (Å²) in [5.41, 5.74) is 1.46. The van der Waals surface area contributed by atoms with E-state index in [0.29, 0.717) is 30.6 Å². The third kappa shape index (κ3) is 3.74. The molecule has 0 radical (unpaired) electrons. The minimum atomic E-state index is -0.508. The van der Waals surface area contributed by atoms with E-state index in [0.717, 1.165) is 17.4 Å². The van der Waals surface area contributed by atoms with Gasteiger partial charge in [-0.1, -0.05) is 12.1 Å². The summed E-state index contributed by atoms with van der Waals surface area (Å²) in [5, 5.41) is 0.947. The molecular weight excluding hydrogens is 361 g/mol. The van der Waals surface area contributed by atoms with E-state index in [2.05, 4.69) is 4.98 Å². The standard InChI is InChI=1S/C21H24FN3O3/c1-3-27-21(26)17-9-16-5-4-6-18(20(16)25(17)10-15-7-8-15)28-12-14(2)24-11-19(22)23-13-24/h4-6,9,11,13-15H,3,7-8,10,12H2,1-2H3/t14-/m1/s1. The zero-order valence-corrected chi connectivity index (χ0v) is 16.1. The van der Waals surface area contributed by atoms with Crippen molar-refractivity contribution in [2.45, 2.75) is 39.3 Å². The Morgan fingerprint density at radius 2 is 2.21 bits per heavy atom. The second-order valence-corrected chi connectivity index (χ2v) is 7.30. The highest BCUT2D eigenvalue weighted by atomic mass is 19.1. The smallest absolute Gasteiger partial charge is 0.354 e. The van der Waals surface area contributed by atoms with Crippen LogP contribution in [0.1, 0.15) is 43.2 Å². The molecule has 0 aliphatic heterocycles. The Hall–Kier alpha value is -2.83. The van der Waals surface area contributed by atoms with Crippen LogP contribution < -0.4 is 4.74 Å². The molecule has 148 valence electrons. The van der Waals surface area contributed by atoms with Gasteiger partial charge in [-0.3, -0.25) is 0 Å². The van der Waals surface area contributed by atoms with Gasteiger partial charge in [0, 0.05) is 11.9 Å². The highest BCUT2D eigenvalue weighted by Crippen LogP contribution is 2.36. The molecule has 7 heteroatoms. The lowest BCUT2D eigenvalue weighted by atomic mass is 10.2. The van der Waals surface area contributed by atoms with E-state index < -0.39 is 5.95 Å². The second kappa shape index (κ2) is 7.66. The number of imidazole rings is 1. The Balaban J connectivity index is 1.64. The van der Waals surface area contributed by atoms with Gasteiger partial charge in [0.2, 0.25) is 5.95 Å². The van der Waals surface area contributed by atoms with Crippen LogP contribution in [-0.4, -0.2) is 33.3 Å². The summed E-state index contributed by atoms with van der Waals surface area (Å²) < 4.78 is 28.2. The Bertz CT molecular complexity index is 990. The topological polar surface area (TPSA) is 58.3 Å². The molecule has 1 aromatic carbocycles. The molecule has 0 saturated heterocycles. The number of aromatic nitrogens is 3. The molecule has 2 aromatic heterocycles. The molecular formula is C21H24FN3O3. The molecule has 3 aromatic rings. The Morgan fingerprint density at radius 1 is 1.39 bits per heavy atom. The summed E-state index contributed by atoms with van der Waals surface area (Å²) in [7, 11) is 0. The first kappa shape index (κ1) is 18.5. The second-order valence-electron chi connectivity index (χ2n) is 7.30. The van der Waals surface area contributed by atoms with Gasteiger partial charge in [0.1, 0.15) is 18.1 Å². The first-order valence-corrected chi connectivity index (χ1v) is 9.68. The van der Waals surface area contributed by atoms with Gasteiger partial charge >= 0.3 is 5.97 Å². The number of halogens is 1. The molecule has 1 aliphatic rings. The normalized spacial score (nSPS) is 15.0.